The molecule has 0 fully saturated rings. The van der Waals surface area contributed by atoms with Gasteiger partial charge in [-0.3, -0.25) is 4.79 Å². The average Bonchev–Trinajstić information content (AvgIpc) is 2.77. The highest BCUT2D eigenvalue weighted by atomic mass is 32.2. The molecule has 1 aromatic carbocycles. The number of benzene rings is 1. The zero-order valence-electron chi connectivity index (χ0n) is 10.8. The van der Waals surface area contributed by atoms with Crippen molar-refractivity contribution in [2.24, 2.45) is 0 Å². The van der Waals surface area contributed by atoms with Gasteiger partial charge in [-0.1, -0.05) is 12.1 Å². The molecule has 0 atom stereocenters. The van der Waals surface area contributed by atoms with Gasteiger partial charge < -0.3 is 11.1 Å². The molecule has 0 aliphatic heterocycles. The summed E-state index contributed by atoms with van der Waals surface area (Å²) in [5.41, 5.74) is 6.11. The van der Waals surface area contributed by atoms with Crippen molar-refractivity contribution >= 4 is 44.8 Å². The minimum Gasteiger partial charge on any atom is -0.397 e. The Morgan fingerprint density at radius 3 is 3.05 bits per heavy atom. The minimum atomic E-state index is -0.392. The predicted octanol–water partition coefficient (Wildman–Crippen LogP) is 3.27. The molecule has 106 valence electrons. The highest BCUT2D eigenvalue weighted by Gasteiger charge is 2.18. The van der Waals surface area contributed by atoms with E-state index in [0.29, 0.717) is 21.5 Å². The number of halogens is 1. The van der Waals surface area contributed by atoms with Gasteiger partial charge in [0.1, 0.15) is 10.7 Å². The second-order valence-corrected chi connectivity index (χ2v) is 6.28. The van der Waals surface area contributed by atoms with Gasteiger partial charge in [-0.15, -0.1) is 17.9 Å². The molecule has 0 spiro atoms. The molecule has 2 rings (SSSR count). The molecular formula is C14H15FN2OS2. The first-order valence-corrected chi connectivity index (χ1v) is 8.05. The first-order chi connectivity index (χ1) is 9.65. The summed E-state index contributed by atoms with van der Waals surface area (Å²) in [5, 5.41) is 3.13. The number of nitrogen functional groups attached to an aromatic ring is 1. The Hall–Kier alpha value is -1.53. The lowest BCUT2D eigenvalue weighted by molar-refractivity contribution is 0.0961. The molecule has 0 aliphatic rings. The fraction of sp³-hybridized carbons (Fsp3) is 0.214. The standard InChI is InChI=1S/C14H15FN2OS2/c1-2-7-19-8-6-17-14(18)13-12(16)11-9(15)4-3-5-10(11)20-13/h2-5H,1,6-8,16H2,(H,17,18). The average molecular weight is 310 g/mol. The second-order valence-electron chi connectivity index (χ2n) is 4.08. The lowest BCUT2D eigenvalue weighted by Gasteiger charge is -2.03. The number of carbonyl (C=O) groups excluding carboxylic acids is 1. The molecule has 0 unspecified atom stereocenters. The lowest BCUT2D eigenvalue weighted by Crippen LogP contribution is -2.25. The number of thiophene rings is 1. The summed E-state index contributed by atoms with van der Waals surface area (Å²) < 4.78 is 14.4. The number of amides is 1. The summed E-state index contributed by atoms with van der Waals surface area (Å²) >= 11 is 2.90. The number of hydrogen-bond acceptors (Lipinski definition) is 4. The van der Waals surface area contributed by atoms with E-state index in [1.165, 1.54) is 17.4 Å². The molecule has 1 heterocycles. The largest absolute Gasteiger partial charge is 0.397 e. The zero-order valence-corrected chi connectivity index (χ0v) is 12.5. The minimum absolute atomic E-state index is 0.222. The summed E-state index contributed by atoms with van der Waals surface area (Å²) in [6, 6.07) is 4.72. The Morgan fingerprint density at radius 2 is 2.35 bits per heavy atom. The molecule has 0 radical (unpaired) electrons. The molecule has 6 heteroatoms. The first kappa shape index (κ1) is 14.9. The van der Waals surface area contributed by atoms with Crippen molar-refractivity contribution in [3.63, 3.8) is 0 Å². The predicted molar refractivity (Wildman–Crippen MR) is 86.1 cm³/mol. The lowest BCUT2D eigenvalue weighted by atomic mass is 10.2. The van der Waals surface area contributed by atoms with Crippen molar-refractivity contribution in [1.29, 1.82) is 0 Å². The van der Waals surface area contributed by atoms with Crippen LogP contribution in [0.4, 0.5) is 10.1 Å². The Bertz CT molecular complexity index is 639. The van der Waals surface area contributed by atoms with Crippen LogP contribution in [0.5, 0.6) is 0 Å². The van der Waals surface area contributed by atoms with Crippen LogP contribution in [-0.2, 0) is 0 Å². The van der Waals surface area contributed by atoms with E-state index in [1.807, 2.05) is 6.08 Å². The van der Waals surface area contributed by atoms with E-state index >= 15 is 0 Å². The summed E-state index contributed by atoms with van der Waals surface area (Å²) in [7, 11) is 0. The van der Waals surface area contributed by atoms with E-state index in [-0.39, 0.29) is 11.6 Å². The van der Waals surface area contributed by atoms with Crippen LogP contribution in [0.15, 0.2) is 30.9 Å². The number of nitrogens with one attached hydrogen (secondary N) is 1. The molecule has 0 saturated carbocycles. The molecule has 2 aromatic rings. The van der Waals surface area contributed by atoms with E-state index < -0.39 is 5.82 Å². The third kappa shape index (κ3) is 3.13. The van der Waals surface area contributed by atoms with Crippen molar-refractivity contribution in [2.45, 2.75) is 0 Å². The van der Waals surface area contributed by atoms with Gasteiger partial charge in [-0.2, -0.15) is 11.8 Å². The number of nitrogens with two attached hydrogens (primary N) is 1. The van der Waals surface area contributed by atoms with E-state index in [0.717, 1.165) is 11.5 Å². The van der Waals surface area contributed by atoms with Gasteiger partial charge in [-0.25, -0.2) is 4.39 Å². The Kier molecular flexibility index (Phi) is 5.03. The zero-order chi connectivity index (χ0) is 14.5. The number of carbonyl (C=O) groups is 1. The third-order valence-corrected chi connectivity index (χ3v) is 4.81. The normalized spacial score (nSPS) is 10.7. The Balaban J connectivity index is 2.09. The van der Waals surface area contributed by atoms with Crippen LogP contribution in [0, 0.1) is 5.82 Å². The molecule has 3 N–H and O–H groups in total. The van der Waals surface area contributed by atoms with Crippen molar-refractivity contribution < 1.29 is 9.18 Å². The summed E-state index contributed by atoms with van der Waals surface area (Å²) in [6.07, 6.45) is 1.82. The Morgan fingerprint density at radius 1 is 1.55 bits per heavy atom. The fourth-order valence-electron chi connectivity index (χ4n) is 1.78. The van der Waals surface area contributed by atoms with Gasteiger partial charge >= 0.3 is 0 Å². The van der Waals surface area contributed by atoms with Crippen LogP contribution in [0.1, 0.15) is 9.67 Å². The van der Waals surface area contributed by atoms with Gasteiger partial charge in [0, 0.05) is 22.8 Å². The van der Waals surface area contributed by atoms with Crippen LogP contribution >= 0.6 is 23.1 Å². The maximum atomic E-state index is 13.7. The molecule has 3 nitrogen and oxygen atoms in total. The first-order valence-electron chi connectivity index (χ1n) is 6.08. The summed E-state index contributed by atoms with van der Waals surface area (Å²) in [5.74, 6) is 1.02. The van der Waals surface area contributed by atoms with Crippen LogP contribution in [0.3, 0.4) is 0 Å². The molecule has 1 amide bonds. The van der Waals surface area contributed by atoms with E-state index in [4.69, 9.17) is 5.73 Å². The van der Waals surface area contributed by atoms with Gasteiger partial charge in [-0.05, 0) is 12.1 Å². The third-order valence-electron chi connectivity index (χ3n) is 2.68. The van der Waals surface area contributed by atoms with Crippen molar-refractivity contribution in [2.75, 3.05) is 23.8 Å². The Labute approximate surface area is 125 Å². The molecule has 0 aliphatic carbocycles. The quantitative estimate of drug-likeness (QED) is 0.636. The maximum absolute atomic E-state index is 13.7. The van der Waals surface area contributed by atoms with Crippen molar-refractivity contribution in [3.8, 4) is 0 Å². The van der Waals surface area contributed by atoms with Crippen LogP contribution < -0.4 is 11.1 Å². The second kappa shape index (κ2) is 6.76. The van der Waals surface area contributed by atoms with Crippen LogP contribution in [0.2, 0.25) is 0 Å². The highest BCUT2D eigenvalue weighted by Crippen LogP contribution is 2.35. The SMILES string of the molecule is C=CCSCCNC(=O)c1sc2cccc(F)c2c1N. The molecular weight excluding hydrogens is 295 g/mol. The highest BCUT2D eigenvalue weighted by molar-refractivity contribution is 7.99. The number of rotatable bonds is 6. The van der Waals surface area contributed by atoms with Crippen molar-refractivity contribution in [1.82, 2.24) is 5.32 Å². The van der Waals surface area contributed by atoms with Crippen molar-refractivity contribution in [3.05, 3.63) is 41.5 Å². The van der Waals surface area contributed by atoms with E-state index in [9.17, 15) is 9.18 Å². The van der Waals surface area contributed by atoms with E-state index in [1.54, 1.807) is 23.9 Å². The van der Waals surface area contributed by atoms with Crippen LogP contribution in [0.25, 0.3) is 10.1 Å². The van der Waals surface area contributed by atoms with Gasteiger partial charge in [0.2, 0.25) is 0 Å². The van der Waals surface area contributed by atoms with Gasteiger partial charge in [0.15, 0.2) is 0 Å². The molecule has 0 bridgehead atoms. The maximum Gasteiger partial charge on any atom is 0.263 e. The summed E-state index contributed by atoms with van der Waals surface area (Å²) in [4.78, 5) is 12.4. The van der Waals surface area contributed by atoms with Crippen LogP contribution in [-0.4, -0.2) is 24.0 Å². The number of hydrogen-bond donors (Lipinski definition) is 2. The smallest absolute Gasteiger partial charge is 0.263 e. The molecule has 20 heavy (non-hydrogen) atoms. The molecule has 0 saturated heterocycles. The number of anilines is 1. The summed E-state index contributed by atoms with van der Waals surface area (Å²) in [6.45, 7) is 4.18. The van der Waals surface area contributed by atoms with E-state index in [2.05, 4.69) is 11.9 Å². The van der Waals surface area contributed by atoms with Gasteiger partial charge in [0.25, 0.3) is 5.91 Å². The number of fused-ring (bicyclic) bond motifs is 1. The monoisotopic (exact) mass is 310 g/mol. The number of thioether (sulfide) groups is 1. The molecule has 1 aromatic heterocycles. The van der Waals surface area contributed by atoms with Gasteiger partial charge in [0.05, 0.1) is 11.1 Å². The topological polar surface area (TPSA) is 55.1 Å². The fourth-order valence-corrected chi connectivity index (χ4v) is 3.41.